The Kier molecular flexibility index (Phi) is 6.72. The lowest BCUT2D eigenvalue weighted by atomic mass is 9.94. The van der Waals surface area contributed by atoms with Gasteiger partial charge in [0.25, 0.3) is 5.91 Å². The summed E-state index contributed by atoms with van der Waals surface area (Å²) in [6.45, 7) is 2.36. The van der Waals surface area contributed by atoms with Crippen LogP contribution in [0.5, 0.6) is 0 Å². The summed E-state index contributed by atoms with van der Waals surface area (Å²) < 4.78 is 21.0. The predicted octanol–water partition coefficient (Wildman–Crippen LogP) is 2.76. The molecule has 37 heavy (non-hydrogen) atoms. The van der Waals surface area contributed by atoms with Crippen LogP contribution in [0.1, 0.15) is 77.4 Å². The Morgan fingerprint density at radius 1 is 1.03 bits per heavy atom. The topological polar surface area (TPSA) is 142 Å². The van der Waals surface area contributed by atoms with Crippen molar-refractivity contribution >= 4 is 28.9 Å². The molecule has 0 bridgehead atoms. The molecule has 3 N–H and O–H groups in total. The van der Waals surface area contributed by atoms with Crippen molar-refractivity contribution in [3.8, 4) is 0 Å². The summed E-state index contributed by atoms with van der Waals surface area (Å²) in [6, 6.07) is -0.132. The number of fused-ring (bicyclic) bond motifs is 2. The molecule has 0 aromatic carbocycles. The molecule has 0 radical (unpaired) electrons. The fourth-order valence-corrected chi connectivity index (χ4v) is 6.16. The molecular weight excluding hydrogens is 478 g/mol. The van der Waals surface area contributed by atoms with Crippen LogP contribution in [0.25, 0.3) is 11.2 Å². The summed E-state index contributed by atoms with van der Waals surface area (Å²) in [6.07, 6.45) is 10.7. The van der Waals surface area contributed by atoms with Crippen LogP contribution in [-0.2, 0) is 19.0 Å². The van der Waals surface area contributed by atoms with E-state index in [9.17, 15) is 9.59 Å². The second-order valence-corrected chi connectivity index (χ2v) is 10.5. The van der Waals surface area contributed by atoms with Gasteiger partial charge in [0.15, 0.2) is 35.1 Å². The number of likely N-dealkylation sites (N-methyl/N-ethyl adjacent to an activating group) is 1. The molecule has 4 heterocycles. The van der Waals surface area contributed by atoms with Gasteiger partial charge >= 0.3 is 6.03 Å². The lowest BCUT2D eigenvalue weighted by Gasteiger charge is -2.34. The lowest BCUT2D eigenvalue weighted by molar-refractivity contribution is -0.229. The van der Waals surface area contributed by atoms with Gasteiger partial charge in [0.1, 0.15) is 18.5 Å². The number of nitrogens with zero attached hydrogens (tertiary/aromatic N) is 4. The minimum absolute atomic E-state index is 0.172. The molecule has 2 unspecified atom stereocenters. The van der Waals surface area contributed by atoms with Crippen LogP contribution in [0, 0.1) is 0 Å². The van der Waals surface area contributed by atoms with Crippen molar-refractivity contribution in [3.05, 3.63) is 12.7 Å². The second-order valence-electron chi connectivity index (χ2n) is 10.5. The second kappa shape index (κ2) is 10.1. The third kappa shape index (κ3) is 4.66. The number of rotatable bonds is 5. The van der Waals surface area contributed by atoms with Gasteiger partial charge in [0, 0.05) is 25.4 Å². The quantitative estimate of drug-likeness (QED) is 0.554. The average molecular weight is 514 g/mol. The van der Waals surface area contributed by atoms with Crippen molar-refractivity contribution in [2.45, 2.75) is 108 Å². The van der Waals surface area contributed by atoms with Crippen LogP contribution in [0.4, 0.5) is 10.6 Å². The van der Waals surface area contributed by atoms with E-state index in [0.717, 1.165) is 57.8 Å². The standard InChI is InChI=1S/C25H35N7O5/c1-2-26-22(33)18-17-19(37-25(36-17)11-7-4-8-12-25)23(35-18)32-14-29-16-20(27-13-28-21(16)32)31-24(34)30-15-9-5-3-6-10-15/h13-15,17-19,23H,2-12H2,1H3,(H,26,33)(H2,27,28,30,31,34)/t17?,18-,19?,23+/m0/s1. The van der Waals surface area contributed by atoms with Gasteiger partial charge in [-0.1, -0.05) is 25.7 Å². The highest BCUT2D eigenvalue weighted by Gasteiger charge is 2.60. The molecule has 6 rings (SSSR count). The Balaban J connectivity index is 1.26. The summed E-state index contributed by atoms with van der Waals surface area (Å²) in [5.74, 6) is -0.591. The van der Waals surface area contributed by atoms with Crippen molar-refractivity contribution < 1.29 is 23.8 Å². The molecule has 3 amide bonds. The Labute approximate surface area is 215 Å². The van der Waals surface area contributed by atoms with Crippen LogP contribution in [-0.4, -0.2) is 68.1 Å². The van der Waals surface area contributed by atoms with Gasteiger partial charge in [0.05, 0.1) is 6.33 Å². The first-order chi connectivity index (χ1) is 18.1. The van der Waals surface area contributed by atoms with Gasteiger partial charge in [-0.05, 0) is 32.6 Å². The van der Waals surface area contributed by atoms with Crippen molar-refractivity contribution in [2.75, 3.05) is 11.9 Å². The number of nitrogens with one attached hydrogen (secondary N) is 3. The Morgan fingerprint density at radius 3 is 2.57 bits per heavy atom. The molecule has 4 fully saturated rings. The van der Waals surface area contributed by atoms with Crippen LogP contribution >= 0.6 is 0 Å². The Bertz CT molecular complexity index is 1140. The zero-order valence-electron chi connectivity index (χ0n) is 21.1. The normalized spacial score (nSPS) is 29.3. The van der Waals surface area contributed by atoms with Crippen LogP contribution in [0.15, 0.2) is 12.7 Å². The van der Waals surface area contributed by atoms with Gasteiger partial charge in [-0.2, -0.15) is 0 Å². The summed E-state index contributed by atoms with van der Waals surface area (Å²) >= 11 is 0. The number of hydrogen-bond acceptors (Lipinski definition) is 8. The van der Waals surface area contributed by atoms with E-state index in [2.05, 4.69) is 30.9 Å². The van der Waals surface area contributed by atoms with Crippen molar-refractivity contribution in [3.63, 3.8) is 0 Å². The molecule has 2 saturated heterocycles. The lowest BCUT2D eigenvalue weighted by Crippen LogP contribution is -2.43. The third-order valence-corrected chi connectivity index (χ3v) is 7.92. The first-order valence-corrected chi connectivity index (χ1v) is 13.6. The molecule has 2 aromatic rings. The monoisotopic (exact) mass is 513 g/mol. The van der Waals surface area contributed by atoms with E-state index in [0.29, 0.717) is 23.5 Å². The zero-order chi connectivity index (χ0) is 25.4. The number of anilines is 1. The van der Waals surface area contributed by atoms with Gasteiger partial charge in [-0.3, -0.25) is 14.7 Å². The highest BCUT2D eigenvalue weighted by molar-refractivity contribution is 5.96. The largest absolute Gasteiger partial charge is 0.354 e. The highest BCUT2D eigenvalue weighted by atomic mass is 16.8. The molecular formula is C25H35N7O5. The van der Waals surface area contributed by atoms with Gasteiger partial charge in [-0.25, -0.2) is 19.7 Å². The minimum Gasteiger partial charge on any atom is -0.354 e. The summed E-state index contributed by atoms with van der Waals surface area (Å²) in [4.78, 5) is 38.8. The summed E-state index contributed by atoms with van der Waals surface area (Å²) in [7, 11) is 0. The van der Waals surface area contributed by atoms with Crippen molar-refractivity contribution in [2.24, 2.45) is 0 Å². The first-order valence-electron chi connectivity index (χ1n) is 13.6. The van der Waals surface area contributed by atoms with E-state index in [1.807, 2.05) is 6.92 Å². The smallest absolute Gasteiger partial charge is 0.320 e. The molecule has 2 aliphatic carbocycles. The maximum Gasteiger partial charge on any atom is 0.320 e. The van der Waals surface area contributed by atoms with Crippen molar-refractivity contribution in [1.82, 2.24) is 30.2 Å². The number of imidazole rings is 1. The van der Waals surface area contributed by atoms with E-state index >= 15 is 0 Å². The number of amides is 3. The SMILES string of the molecule is CCNC(=O)[C@H]1O[C@@H](n2cnc3c(NC(=O)NC4CCCCC4)ncnc32)C2OC3(CCCCC3)OC21. The molecule has 1 spiro atoms. The molecule has 12 nitrogen and oxygen atoms in total. The Hall–Kier alpha value is -2.83. The van der Waals surface area contributed by atoms with Crippen molar-refractivity contribution in [1.29, 1.82) is 0 Å². The van der Waals surface area contributed by atoms with Crippen LogP contribution in [0.3, 0.4) is 0 Å². The molecule has 12 heteroatoms. The molecule has 4 atom stereocenters. The van der Waals surface area contributed by atoms with Gasteiger partial charge in [0.2, 0.25) is 0 Å². The van der Waals surface area contributed by atoms with E-state index in [1.165, 1.54) is 12.7 Å². The van der Waals surface area contributed by atoms with Gasteiger partial charge in [-0.15, -0.1) is 0 Å². The van der Waals surface area contributed by atoms with Gasteiger partial charge < -0.3 is 24.8 Å². The maximum absolute atomic E-state index is 12.9. The highest BCUT2D eigenvalue weighted by Crippen LogP contribution is 2.49. The summed E-state index contributed by atoms with van der Waals surface area (Å²) in [5.41, 5.74) is 0.922. The van der Waals surface area contributed by atoms with Crippen LogP contribution in [0.2, 0.25) is 0 Å². The maximum atomic E-state index is 12.9. The number of hydrogen-bond donors (Lipinski definition) is 3. The predicted molar refractivity (Wildman–Crippen MR) is 133 cm³/mol. The Morgan fingerprint density at radius 2 is 1.78 bits per heavy atom. The van der Waals surface area contributed by atoms with E-state index in [-0.39, 0.29) is 18.0 Å². The first kappa shape index (κ1) is 24.5. The fraction of sp³-hybridized carbons (Fsp3) is 0.720. The van der Waals surface area contributed by atoms with E-state index < -0.39 is 30.3 Å². The zero-order valence-corrected chi connectivity index (χ0v) is 21.1. The van der Waals surface area contributed by atoms with E-state index in [1.54, 1.807) is 10.9 Å². The molecule has 200 valence electrons. The molecule has 2 aromatic heterocycles. The van der Waals surface area contributed by atoms with Crippen LogP contribution < -0.4 is 16.0 Å². The molecule has 2 saturated carbocycles. The van der Waals surface area contributed by atoms with E-state index in [4.69, 9.17) is 14.2 Å². The number of carbonyl (C=O) groups excluding carboxylic acids is 2. The minimum atomic E-state index is -0.811. The third-order valence-electron chi connectivity index (χ3n) is 7.92. The number of urea groups is 1. The summed E-state index contributed by atoms with van der Waals surface area (Å²) in [5, 5.41) is 8.73. The number of ether oxygens (including phenoxy) is 3. The number of aromatic nitrogens is 4. The molecule has 4 aliphatic rings. The fourth-order valence-electron chi connectivity index (χ4n) is 6.16. The number of carbonyl (C=O) groups is 2. The average Bonchev–Trinajstić information content (AvgIpc) is 3.57. The molecule has 2 aliphatic heterocycles.